The van der Waals surface area contributed by atoms with Crippen LogP contribution in [0.4, 0.5) is 17.6 Å². The molecule has 0 aliphatic carbocycles. The Bertz CT molecular complexity index is 399. The molecule has 5 heteroatoms. The van der Waals surface area contributed by atoms with Crippen molar-refractivity contribution in [1.82, 2.24) is 5.32 Å². The van der Waals surface area contributed by atoms with Gasteiger partial charge in [0, 0.05) is 11.6 Å². The number of nitrogens with one attached hydrogen (secondary N) is 1. The van der Waals surface area contributed by atoms with Crippen molar-refractivity contribution in [2.75, 3.05) is 6.54 Å². The highest BCUT2D eigenvalue weighted by Gasteiger charge is 2.24. The zero-order valence-corrected chi connectivity index (χ0v) is 8.49. The molecule has 1 N–H and O–H groups in total. The lowest BCUT2D eigenvalue weighted by molar-refractivity contribution is 0.367. The summed E-state index contributed by atoms with van der Waals surface area (Å²) in [5.74, 6) is -6.13. The standard InChI is InChI=1S/C11H11F4N/c12-7-5-6(8-3-1-2-4-16-8)9(13)11(15)10(7)14/h5,8,16H,1-4H2. The van der Waals surface area contributed by atoms with Gasteiger partial charge in [0.2, 0.25) is 0 Å². The second kappa shape index (κ2) is 4.41. The Morgan fingerprint density at radius 3 is 2.38 bits per heavy atom. The van der Waals surface area contributed by atoms with Crippen molar-refractivity contribution in [3.8, 4) is 0 Å². The van der Waals surface area contributed by atoms with E-state index in [9.17, 15) is 17.6 Å². The first-order chi connectivity index (χ1) is 7.61. The van der Waals surface area contributed by atoms with Crippen LogP contribution >= 0.6 is 0 Å². The summed E-state index contributed by atoms with van der Waals surface area (Å²) in [5.41, 5.74) is -0.129. The molecule has 1 heterocycles. The quantitative estimate of drug-likeness (QED) is 0.446. The van der Waals surface area contributed by atoms with E-state index in [0.29, 0.717) is 13.0 Å². The number of hydrogen-bond acceptors (Lipinski definition) is 1. The van der Waals surface area contributed by atoms with E-state index in [0.717, 1.165) is 18.9 Å². The van der Waals surface area contributed by atoms with Crippen LogP contribution in [0, 0.1) is 23.3 Å². The van der Waals surface area contributed by atoms with Gasteiger partial charge < -0.3 is 5.32 Å². The lowest BCUT2D eigenvalue weighted by atomic mass is 9.97. The molecule has 0 bridgehead atoms. The number of benzene rings is 1. The van der Waals surface area contributed by atoms with E-state index >= 15 is 0 Å². The van der Waals surface area contributed by atoms with Crippen LogP contribution in [0.5, 0.6) is 0 Å². The highest BCUT2D eigenvalue weighted by molar-refractivity contribution is 5.25. The molecular formula is C11H11F4N. The van der Waals surface area contributed by atoms with Crippen molar-refractivity contribution >= 4 is 0 Å². The maximum Gasteiger partial charge on any atom is 0.197 e. The average molecular weight is 233 g/mol. The van der Waals surface area contributed by atoms with Gasteiger partial charge in [0.05, 0.1) is 0 Å². The molecule has 0 spiro atoms. The summed E-state index contributed by atoms with van der Waals surface area (Å²) in [5, 5.41) is 2.95. The molecule has 1 saturated heterocycles. The smallest absolute Gasteiger partial charge is 0.197 e. The van der Waals surface area contributed by atoms with Gasteiger partial charge in [-0.05, 0) is 25.5 Å². The molecule has 1 aliphatic rings. The predicted molar refractivity (Wildman–Crippen MR) is 50.9 cm³/mol. The van der Waals surface area contributed by atoms with Crippen LogP contribution in [0.15, 0.2) is 6.07 Å². The van der Waals surface area contributed by atoms with E-state index in [1.165, 1.54) is 0 Å². The van der Waals surface area contributed by atoms with Gasteiger partial charge in [-0.1, -0.05) is 6.42 Å². The van der Waals surface area contributed by atoms with Crippen LogP contribution in [0.1, 0.15) is 30.9 Å². The summed E-state index contributed by atoms with van der Waals surface area (Å²) in [6.07, 6.45) is 2.41. The fraction of sp³-hybridized carbons (Fsp3) is 0.455. The number of rotatable bonds is 1. The largest absolute Gasteiger partial charge is 0.310 e. The summed E-state index contributed by atoms with van der Waals surface area (Å²) < 4.78 is 52.1. The Hall–Kier alpha value is -1.10. The zero-order chi connectivity index (χ0) is 11.7. The minimum atomic E-state index is -1.75. The minimum Gasteiger partial charge on any atom is -0.310 e. The Kier molecular flexibility index (Phi) is 3.14. The molecule has 1 fully saturated rings. The highest BCUT2D eigenvalue weighted by atomic mass is 19.2. The van der Waals surface area contributed by atoms with Crippen molar-refractivity contribution in [2.45, 2.75) is 25.3 Å². The molecule has 1 aliphatic heterocycles. The monoisotopic (exact) mass is 233 g/mol. The molecular weight excluding hydrogens is 222 g/mol. The molecule has 1 atom stereocenters. The van der Waals surface area contributed by atoms with Crippen LogP contribution in [-0.2, 0) is 0 Å². The van der Waals surface area contributed by atoms with Crippen molar-refractivity contribution in [3.63, 3.8) is 0 Å². The number of halogens is 4. The number of hydrogen-bond donors (Lipinski definition) is 1. The van der Waals surface area contributed by atoms with Gasteiger partial charge in [-0.15, -0.1) is 0 Å². The molecule has 0 amide bonds. The van der Waals surface area contributed by atoms with Crippen molar-refractivity contribution in [2.24, 2.45) is 0 Å². The molecule has 1 aromatic rings. The van der Waals surface area contributed by atoms with Gasteiger partial charge in [-0.2, -0.15) is 0 Å². The Morgan fingerprint density at radius 2 is 1.75 bits per heavy atom. The van der Waals surface area contributed by atoms with Gasteiger partial charge >= 0.3 is 0 Å². The van der Waals surface area contributed by atoms with E-state index in [1.54, 1.807) is 0 Å². The summed E-state index contributed by atoms with van der Waals surface area (Å²) in [6.45, 7) is 0.671. The first-order valence-corrected chi connectivity index (χ1v) is 5.17. The van der Waals surface area contributed by atoms with Crippen molar-refractivity contribution in [1.29, 1.82) is 0 Å². The van der Waals surface area contributed by atoms with E-state index in [2.05, 4.69) is 5.32 Å². The maximum atomic E-state index is 13.4. The van der Waals surface area contributed by atoms with Gasteiger partial charge in [-0.3, -0.25) is 0 Å². The third-order valence-electron chi connectivity index (χ3n) is 2.82. The minimum absolute atomic E-state index is 0.129. The second-order valence-corrected chi connectivity index (χ2v) is 3.89. The first-order valence-electron chi connectivity index (χ1n) is 5.17. The van der Waals surface area contributed by atoms with Crippen molar-refractivity contribution in [3.05, 3.63) is 34.9 Å². The van der Waals surface area contributed by atoms with Crippen LogP contribution in [0.3, 0.4) is 0 Å². The van der Waals surface area contributed by atoms with E-state index in [-0.39, 0.29) is 5.56 Å². The molecule has 0 aromatic heterocycles. The van der Waals surface area contributed by atoms with E-state index in [4.69, 9.17) is 0 Å². The third kappa shape index (κ3) is 1.91. The molecule has 0 radical (unpaired) electrons. The lowest BCUT2D eigenvalue weighted by Crippen LogP contribution is -2.28. The van der Waals surface area contributed by atoms with Crippen LogP contribution in [-0.4, -0.2) is 6.54 Å². The summed E-state index contributed by atoms with van der Waals surface area (Å²) >= 11 is 0. The Morgan fingerprint density at radius 1 is 1.00 bits per heavy atom. The van der Waals surface area contributed by atoms with Crippen LogP contribution in [0.2, 0.25) is 0 Å². The summed E-state index contributed by atoms with van der Waals surface area (Å²) in [4.78, 5) is 0. The maximum absolute atomic E-state index is 13.4. The topological polar surface area (TPSA) is 12.0 Å². The SMILES string of the molecule is Fc1cc(C2CCCCN2)c(F)c(F)c1F. The lowest BCUT2D eigenvalue weighted by Gasteiger charge is -2.24. The van der Waals surface area contributed by atoms with Crippen molar-refractivity contribution < 1.29 is 17.6 Å². The molecule has 16 heavy (non-hydrogen) atoms. The van der Waals surface area contributed by atoms with Crippen LogP contribution in [0.25, 0.3) is 0 Å². The normalized spacial score (nSPS) is 21.1. The predicted octanol–water partition coefficient (Wildman–Crippen LogP) is 3.06. The molecule has 1 unspecified atom stereocenters. The average Bonchev–Trinajstić information content (AvgIpc) is 2.32. The summed E-state index contributed by atoms with van der Waals surface area (Å²) in [7, 11) is 0. The van der Waals surface area contributed by atoms with Gasteiger partial charge in [0.15, 0.2) is 23.3 Å². The van der Waals surface area contributed by atoms with Crippen LogP contribution < -0.4 is 5.32 Å². The molecule has 88 valence electrons. The second-order valence-electron chi connectivity index (χ2n) is 3.89. The number of piperidine rings is 1. The Labute approximate surface area is 90.5 Å². The van der Waals surface area contributed by atoms with Gasteiger partial charge in [-0.25, -0.2) is 17.6 Å². The molecule has 0 saturated carbocycles. The van der Waals surface area contributed by atoms with E-state index < -0.39 is 29.3 Å². The summed E-state index contributed by atoms with van der Waals surface area (Å²) in [6, 6.07) is 0.301. The van der Waals surface area contributed by atoms with Gasteiger partial charge in [0.1, 0.15) is 0 Å². The first kappa shape index (κ1) is 11.4. The fourth-order valence-corrected chi connectivity index (χ4v) is 1.96. The highest BCUT2D eigenvalue weighted by Crippen LogP contribution is 2.28. The molecule has 1 aromatic carbocycles. The third-order valence-corrected chi connectivity index (χ3v) is 2.82. The fourth-order valence-electron chi connectivity index (χ4n) is 1.96. The van der Waals surface area contributed by atoms with Gasteiger partial charge in [0.25, 0.3) is 0 Å². The Balaban J connectivity index is 2.40. The zero-order valence-electron chi connectivity index (χ0n) is 8.49. The van der Waals surface area contributed by atoms with E-state index in [1.807, 2.05) is 0 Å². The molecule has 2 rings (SSSR count). The molecule has 1 nitrogen and oxygen atoms in total.